The molecule has 1 heterocycles. The van der Waals surface area contributed by atoms with Crippen LogP contribution in [0.1, 0.15) is 69.9 Å². The van der Waals surface area contributed by atoms with Gasteiger partial charge in [-0.2, -0.15) is 0 Å². The van der Waals surface area contributed by atoms with Crippen molar-refractivity contribution in [1.82, 2.24) is 0 Å². The Morgan fingerprint density at radius 2 is 2.10 bits per heavy atom. The summed E-state index contributed by atoms with van der Waals surface area (Å²) in [5, 5.41) is 13.2. The van der Waals surface area contributed by atoms with Crippen molar-refractivity contribution in [2.24, 2.45) is 0 Å². The maximum atomic E-state index is 9.70. The summed E-state index contributed by atoms with van der Waals surface area (Å²) in [6, 6.07) is 6.72. The van der Waals surface area contributed by atoms with Crippen molar-refractivity contribution in [1.29, 1.82) is 0 Å². The number of aliphatic hydroxyl groups excluding tert-OH is 1. The molecule has 0 radical (unpaired) electrons. The van der Waals surface area contributed by atoms with Crippen LogP contribution in [0.3, 0.4) is 0 Å². The van der Waals surface area contributed by atoms with E-state index in [1.54, 1.807) is 0 Å². The lowest BCUT2D eigenvalue weighted by Gasteiger charge is -2.34. The van der Waals surface area contributed by atoms with Crippen LogP contribution in [-0.4, -0.2) is 18.3 Å². The molecular weight excluding hydrogens is 246 g/mol. The van der Waals surface area contributed by atoms with E-state index in [4.69, 9.17) is 0 Å². The highest BCUT2D eigenvalue weighted by Gasteiger charge is 2.28. The number of nitrogens with one attached hydrogen (secondary N) is 1. The first-order valence-electron chi connectivity index (χ1n) is 8.07. The van der Waals surface area contributed by atoms with Crippen molar-refractivity contribution in [2.75, 3.05) is 18.5 Å². The zero-order chi connectivity index (χ0) is 14.6. The molecule has 0 saturated carbocycles. The van der Waals surface area contributed by atoms with Crippen molar-refractivity contribution < 1.29 is 5.11 Å². The number of rotatable bonds is 6. The molecule has 0 aromatic heterocycles. The van der Waals surface area contributed by atoms with Crippen LogP contribution in [0.2, 0.25) is 0 Å². The number of fused-ring (bicyclic) bond motifs is 1. The summed E-state index contributed by atoms with van der Waals surface area (Å²) in [7, 11) is 0. The summed E-state index contributed by atoms with van der Waals surface area (Å²) in [6.07, 6.45) is 5.97. The molecule has 0 bridgehead atoms. The smallest absolute Gasteiger partial charge is 0.0499 e. The van der Waals surface area contributed by atoms with Gasteiger partial charge < -0.3 is 10.4 Å². The molecule has 112 valence electrons. The van der Waals surface area contributed by atoms with Crippen LogP contribution in [0.15, 0.2) is 18.2 Å². The zero-order valence-electron chi connectivity index (χ0n) is 13.2. The van der Waals surface area contributed by atoms with E-state index in [1.165, 1.54) is 42.5 Å². The van der Waals surface area contributed by atoms with Gasteiger partial charge in [0.1, 0.15) is 0 Å². The van der Waals surface area contributed by atoms with Gasteiger partial charge in [0.15, 0.2) is 0 Å². The van der Waals surface area contributed by atoms with Crippen LogP contribution in [0.25, 0.3) is 0 Å². The first-order valence-corrected chi connectivity index (χ1v) is 8.07. The van der Waals surface area contributed by atoms with E-state index < -0.39 is 0 Å². The lowest BCUT2D eigenvalue weighted by atomic mass is 9.76. The maximum Gasteiger partial charge on any atom is 0.0499 e. The van der Waals surface area contributed by atoms with Gasteiger partial charge >= 0.3 is 0 Å². The Morgan fingerprint density at radius 1 is 1.30 bits per heavy atom. The van der Waals surface area contributed by atoms with Gasteiger partial charge in [-0.25, -0.2) is 0 Å². The summed E-state index contributed by atoms with van der Waals surface area (Å²) in [4.78, 5) is 0. The molecule has 0 unspecified atom stereocenters. The number of aliphatic hydroxyl groups is 1. The van der Waals surface area contributed by atoms with Crippen LogP contribution in [0.5, 0.6) is 0 Å². The second-order valence-corrected chi connectivity index (χ2v) is 6.74. The topological polar surface area (TPSA) is 32.3 Å². The number of hydrogen-bond donors (Lipinski definition) is 2. The molecule has 0 spiro atoms. The third kappa shape index (κ3) is 3.35. The Labute approximate surface area is 123 Å². The van der Waals surface area contributed by atoms with E-state index in [0.717, 1.165) is 13.0 Å². The summed E-state index contributed by atoms with van der Waals surface area (Å²) in [6.45, 7) is 8.18. The molecule has 0 aliphatic carbocycles. The molecule has 1 aliphatic rings. The van der Waals surface area contributed by atoms with Crippen molar-refractivity contribution in [3.8, 4) is 0 Å². The Morgan fingerprint density at radius 3 is 2.80 bits per heavy atom. The monoisotopic (exact) mass is 275 g/mol. The van der Waals surface area contributed by atoms with Gasteiger partial charge in [0.05, 0.1) is 0 Å². The summed E-state index contributed by atoms with van der Waals surface area (Å²) >= 11 is 0. The molecule has 1 aromatic carbocycles. The van der Waals surface area contributed by atoms with Gasteiger partial charge in [-0.1, -0.05) is 52.2 Å². The van der Waals surface area contributed by atoms with Crippen LogP contribution in [-0.2, 0) is 5.41 Å². The lowest BCUT2D eigenvalue weighted by molar-refractivity contribution is 0.256. The van der Waals surface area contributed by atoms with Crippen molar-refractivity contribution in [3.05, 3.63) is 29.3 Å². The molecule has 2 rings (SSSR count). The number of benzene rings is 1. The van der Waals surface area contributed by atoms with Gasteiger partial charge in [-0.15, -0.1) is 0 Å². The molecular formula is C18H29NO. The summed E-state index contributed by atoms with van der Waals surface area (Å²) in [5.41, 5.74) is 4.23. The van der Waals surface area contributed by atoms with Crippen LogP contribution < -0.4 is 5.32 Å². The molecule has 20 heavy (non-hydrogen) atoms. The highest BCUT2D eigenvalue weighted by Crippen LogP contribution is 2.38. The SMILES string of the molecule is CCCCC[C@H](CO)c1ccc2c(c1)C(C)(C)CCN2. The number of anilines is 1. The van der Waals surface area contributed by atoms with Crippen molar-refractivity contribution >= 4 is 5.69 Å². The average Bonchev–Trinajstić information content (AvgIpc) is 2.43. The van der Waals surface area contributed by atoms with E-state index in [2.05, 4.69) is 44.3 Å². The van der Waals surface area contributed by atoms with Gasteiger partial charge in [0, 0.05) is 24.8 Å². The molecule has 1 atom stereocenters. The van der Waals surface area contributed by atoms with Crippen LogP contribution in [0.4, 0.5) is 5.69 Å². The predicted octanol–water partition coefficient (Wildman–Crippen LogP) is 4.44. The number of hydrogen-bond acceptors (Lipinski definition) is 2. The largest absolute Gasteiger partial charge is 0.396 e. The van der Waals surface area contributed by atoms with Gasteiger partial charge in [-0.05, 0) is 35.4 Å². The fourth-order valence-corrected chi connectivity index (χ4v) is 3.18. The average molecular weight is 275 g/mol. The van der Waals surface area contributed by atoms with Gasteiger partial charge in [-0.3, -0.25) is 0 Å². The predicted molar refractivity (Wildman–Crippen MR) is 86.5 cm³/mol. The Bertz CT molecular complexity index is 439. The highest BCUT2D eigenvalue weighted by atomic mass is 16.3. The zero-order valence-corrected chi connectivity index (χ0v) is 13.2. The van der Waals surface area contributed by atoms with Crippen molar-refractivity contribution in [3.63, 3.8) is 0 Å². The molecule has 1 aromatic rings. The van der Waals surface area contributed by atoms with Crippen LogP contribution in [0, 0.1) is 0 Å². The Balaban J connectivity index is 2.20. The second kappa shape index (κ2) is 6.62. The molecule has 0 amide bonds. The quantitative estimate of drug-likeness (QED) is 0.752. The molecule has 0 saturated heterocycles. The molecule has 2 nitrogen and oxygen atoms in total. The standard InChI is InChI=1S/C18H29NO/c1-4-5-6-7-15(13-20)14-8-9-17-16(12-14)18(2,3)10-11-19-17/h8-9,12,15,19-20H,4-7,10-11,13H2,1-3H3/t15-/m1/s1. The van der Waals surface area contributed by atoms with Crippen LogP contribution >= 0.6 is 0 Å². The van der Waals surface area contributed by atoms with Gasteiger partial charge in [0.2, 0.25) is 0 Å². The highest BCUT2D eigenvalue weighted by molar-refractivity contribution is 5.58. The normalized spacial score (nSPS) is 18.2. The minimum atomic E-state index is 0.236. The fraction of sp³-hybridized carbons (Fsp3) is 0.667. The number of unbranched alkanes of at least 4 members (excludes halogenated alkanes) is 2. The van der Waals surface area contributed by atoms with Gasteiger partial charge in [0.25, 0.3) is 0 Å². The maximum absolute atomic E-state index is 9.70. The van der Waals surface area contributed by atoms with E-state index in [0.29, 0.717) is 5.92 Å². The fourth-order valence-electron chi connectivity index (χ4n) is 3.18. The Hall–Kier alpha value is -1.02. The third-order valence-electron chi connectivity index (χ3n) is 4.69. The Kier molecular flexibility index (Phi) is 5.09. The lowest BCUT2D eigenvalue weighted by Crippen LogP contribution is -2.28. The minimum Gasteiger partial charge on any atom is -0.396 e. The second-order valence-electron chi connectivity index (χ2n) is 6.74. The summed E-state index contributed by atoms with van der Waals surface area (Å²) < 4.78 is 0. The first kappa shape index (κ1) is 15.4. The molecule has 2 heteroatoms. The van der Waals surface area contributed by atoms with E-state index in [1.807, 2.05) is 0 Å². The summed E-state index contributed by atoms with van der Waals surface area (Å²) in [5.74, 6) is 0.296. The van der Waals surface area contributed by atoms with E-state index in [9.17, 15) is 5.11 Å². The van der Waals surface area contributed by atoms with E-state index in [-0.39, 0.29) is 12.0 Å². The third-order valence-corrected chi connectivity index (χ3v) is 4.69. The van der Waals surface area contributed by atoms with Crippen molar-refractivity contribution in [2.45, 2.75) is 64.2 Å². The molecule has 0 fully saturated rings. The molecule has 1 aliphatic heterocycles. The molecule has 2 N–H and O–H groups in total. The van der Waals surface area contributed by atoms with E-state index >= 15 is 0 Å². The first-order chi connectivity index (χ1) is 9.58. The minimum absolute atomic E-state index is 0.236.